The van der Waals surface area contributed by atoms with Gasteiger partial charge in [-0.2, -0.15) is 0 Å². The predicted octanol–water partition coefficient (Wildman–Crippen LogP) is 1.34. The molecule has 1 aromatic heterocycles. The summed E-state index contributed by atoms with van der Waals surface area (Å²) in [6.45, 7) is 1.42. The van der Waals surface area contributed by atoms with Gasteiger partial charge in [-0.05, 0) is 17.7 Å². The molecular weight excluding hydrogens is 298 g/mol. The molecular formula is C12H13N3O3S2. The molecule has 1 amide bonds. The summed E-state index contributed by atoms with van der Waals surface area (Å²) in [5.41, 5.74) is 0.940. The topological polar surface area (TPSA) is 102 Å². The highest BCUT2D eigenvalue weighted by molar-refractivity contribution is 7.89. The van der Waals surface area contributed by atoms with Gasteiger partial charge in [0.25, 0.3) is 0 Å². The molecule has 0 atom stereocenters. The molecule has 0 saturated carbocycles. The van der Waals surface area contributed by atoms with E-state index in [1.54, 1.807) is 18.3 Å². The molecule has 6 nitrogen and oxygen atoms in total. The standard InChI is InChI=1S/C12H13N3O3S2/c1-8(16)15-12-14-7-10(19-12)6-9-2-4-11(5-3-9)20(13,17)18/h2-5,7H,6H2,1H3,(H2,13,17,18)(H,14,15,16). The SMILES string of the molecule is CC(=O)Nc1ncc(Cc2ccc(S(N)(=O)=O)cc2)s1. The lowest BCUT2D eigenvalue weighted by Crippen LogP contribution is -2.11. The molecule has 0 saturated heterocycles. The van der Waals surface area contributed by atoms with E-state index < -0.39 is 10.0 Å². The molecule has 1 aromatic carbocycles. The molecule has 106 valence electrons. The number of primary sulfonamides is 1. The van der Waals surface area contributed by atoms with Gasteiger partial charge in [0.05, 0.1) is 4.90 Å². The highest BCUT2D eigenvalue weighted by atomic mass is 32.2. The summed E-state index contributed by atoms with van der Waals surface area (Å²) < 4.78 is 22.3. The van der Waals surface area contributed by atoms with Crippen LogP contribution in [0.2, 0.25) is 0 Å². The summed E-state index contributed by atoms with van der Waals surface area (Å²) in [7, 11) is -3.66. The van der Waals surface area contributed by atoms with Crippen molar-refractivity contribution in [3.8, 4) is 0 Å². The van der Waals surface area contributed by atoms with Gasteiger partial charge in [-0.15, -0.1) is 11.3 Å². The highest BCUT2D eigenvalue weighted by Gasteiger charge is 2.08. The zero-order valence-electron chi connectivity index (χ0n) is 10.7. The van der Waals surface area contributed by atoms with E-state index in [1.807, 2.05) is 0 Å². The molecule has 3 N–H and O–H groups in total. The lowest BCUT2D eigenvalue weighted by atomic mass is 10.1. The van der Waals surface area contributed by atoms with Crippen LogP contribution in [0, 0.1) is 0 Å². The van der Waals surface area contributed by atoms with Gasteiger partial charge in [-0.25, -0.2) is 18.5 Å². The maximum absolute atomic E-state index is 11.1. The van der Waals surface area contributed by atoms with E-state index in [0.29, 0.717) is 11.6 Å². The molecule has 0 spiro atoms. The third-order valence-electron chi connectivity index (χ3n) is 2.47. The number of nitrogens with one attached hydrogen (secondary N) is 1. The van der Waals surface area contributed by atoms with Gasteiger partial charge in [-0.1, -0.05) is 12.1 Å². The van der Waals surface area contributed by atoms with Gasteiger partial charge in [0.2, 0.25) is 15.9 Å². The highest BCUT2D eigenvalue weighted by Crippen LogP contribution is 2.21. The molecule has 0 fully saturated rings. The number of hydrogen-bond acceptors (Lipinski definition) is 5. The van der Waals surface area contributed by atoms with Crippen LogP contribution in [0.3, 0.4) is 0 Å². The van der Waals surface area contributed by atoms with Crippen molar-refractivity contribution in [2.75, 3.05) is 5.32 Å². The number of benzene rings is 1. The second-order valence-electron chi connectivity index (χ2n) is 4.18. The first-order chi connectivity index (χ1) is 9.34. The van der Waals surface area contributed by atoms with E-state index in [2.05, 4.69) is 10.3 Å². The van der Waals surface area contributed by atoms with E-state index in [4.69, 9.17) is 5.14 Å². The number of carbonyl (C=O) groups is 1. The fraction of sp³-hybridized carbons (Fsp3) is 0.167. The Kier molecular flexibility index (Phi) is 4.17. The van der Waals surface area contributed by atoms with E-state index in [1.165, 1.54) is 30.4 Å². The van der Waals surface area contributed by atoms with Crippen LogP contribution in [0.5, 0.6) is 0 Å². The van der Waals surface area contributed by atoms with Crippen LogP contribution in [0.25, 0.3) is 0 Å². The zero-order chi connectivity index (χ0) is 14.8. The van der Waals surface area contributed by atoms with Crippen molar-refractivity contribution in [2.24, 2.45) is 5.14 Å². The molecule has 8 heteroatoms. The van der Waals surface area contributed by atoms with Crippen molar-refractivity contribution in [1.29, 1.82) is 0 Å². The van der Waals surface area contributed by atoms with Crippen molar-refractivity contribution in [3.63, 3.8) is 0 Å². The van der Waals surface area contributed by atoms with Crippen LogP contribution in [0.1, 0.15) is 17.4 Å². The fourth-order valence-corrected chi connectivity index (χ4v) is 3.00. The Morgan fingerprint density at radius 2 is 2.00 bits per heavy atom. The average Bonchev–Trinajstić information content (AvgIpc) is 2.75. The summed E-state index contributed by atoms with van der Waals surface area (Å²) in [5, 5.41) is 8.20. The van der Waals surface area contributed by atoms with Crippen molar-refractivity contribution in [1.82, 2.24) is 4.98 Å². The maximum Gasteiger partial charge on any atom is 0.238 e. The minimum absolute atomic E-state index is 0.0875. The lowest BCUT2D eigenvalue weighted by Gasteiger charge is -2.01. The molecule has 0 radical (unpaired) electrons. The van der Waals surface area contributed by atoms with E-state index in [0.717, 1.165) is 10.4 Å². The Bertz CT molecular complexity index is 721. The first-order valence-corrected chi connectivity index (χ1v) is 8.05. The summed E-state index contributed by atoms with van der Waals surface area (Å²) >= 11 is 1.38. The largest absolute Gasteiger partial charge is 0.302 e. The molecule has 0 aliphatic heterocycles. The van der Waals surface area contributed by atoms with Gasteiger partial charge >= 0.3 is 0 Å². The van der Waals surface area contributed by atoms with Crippen LogP contribution < -0.4 is 10.5 Å². The number of anilines is 1. The fourth-order valence-electron chi connectivity index (χ4n) is 1.60. The van der Waals surface area contributed by atoms with Gasteiger partial charge in [0.15, 0.2) is 5.13 Å². The average molecular weight is 311 g/mol. The minimum atomic E-state index is -3.66. The van der Waals surface area contributed by atoms with E-state index >= 15 is 0 Å². The molecule has 2 rings (SSSR count). The molecule has 2 aromatic rings. The number of hydrogen-bond donors (Lipinski definition) is 2. The van der Waals surface area contributed by atoms with Crippen LogP contribution in [0.15, 0.2) is 35.4 Å². The summed E-state index contributed by atoms with van der Waals surface area (Å²) in [6.07, 6.45) is 2.30. The van der Waals surface area contributed by atoms with Gasteiger partial charge in [0.1, 0.15) is 0 Å². The lowest BCUT2D eigenvalue weighted by molar-refractivity contribution is -0.114. The number of sulfonamides is 1. The summed E-state index contributed by atoms with van der Waals surface area (Å²) in [5.74, 6) is -0.164. The third kappa shape index (κ3) is 3.86. The quantitative estimate of drug-likeness (QED) is 0.889. The molecule has 0 aliphatic rings. The molecule has 0 bridgehead atoms. The van der Waals surface area contributed by atoms with Gasteiger partial charge in [0, 0.05) is 24.4 Å². The number of carbonyl (C=O) groups excluding carboxylic acids is 1. The predicted molar refractivity (Wildman–Crippen MR) is 77.0 cm³/mol. The molecule has 0 aliphatic carbocycles. The third-order valence-corrected chi connectivity index (χ3v) is 4.31. The normalized spacial score (nSPS) is 11.3. The van der Waals surface area contributed by atoms with Crippen molar-refractivity contribution < 1.29 is 13.2 Å². The van der Waals surface area contributed by atoms with Crippen molar-refractivity contribution >= 4 is 32.4 Å². The second kappa shape index (κ2) is 5.70. The van der Waals surface area contributed by atoms with E-state index in [9.17, 15) is 13.2 Å². The first-order valence-electron chi connectivity index (χ1n) is 5.68. The minimum Gasteiger partial charge on any atom is -0.302 e. The van der Waals surface area contributed by atoms with Crippen LogP contribution in [-0.2, 0) is 21.2 Å². The summed E-state index contributed by atoms with van der Waals surface area (Å²) in [6, 6.07) is 6.36. The summed E-state index contributed by atoms with van der Waals surface area (Å²) in [4.78, 5) is 16.0. The zero-order valence-corrected chi connectivity index (χ0v) is 12.3. The maximum atomic E-state index is 11.1. The van der Waals surface area contributed by atoms with Crippen LogP contribution in [0.4, 0.5) is 5.13 Å². The van der Waals surface area contributed by atoms with Crippen molar-refractivity contribution in [2.45, 2.75) is 18.2 Å². The molecule has 1 heterocycles. The number of thiazole rings is 1. The Labute approximate surface area is 120 Å². The van der Waals surface area contributed by atoms with Crippen LogP contribution in [-0.4, -0.2) is 19.3 Å². The van der Waals surface area contributed by atoms with Gasteiger partial charge < -0.3 is 5.32 Å². The monoisotopic (exact) mass is 311 g/mol. The van der Waals surface area contributed by atoms with E-state index in [-0.39, 0.29) is 10.8 Å². The number of rotatable bonds is 4. The number of aromatic nitrogens is 1. The Balaban J connectivity index is 2.10. The number of nitrogens with zero attached hydrogens (tertiary/aromatic N) is 1. The Morgan fingerprint density at radius 1 is 1.35 bits per heavy atom. The molecule has 0 unspecified atom stereocenters. The van der Waals surface area contributed by atoms with Crippen molar-refractivity contribution in [3.05, 3.63) is 40.9 Å². The number of nitrogens with two attached hydrogens (primary N) is 1. The number of amides is 1. The Hall–Kier alpha value is -1.77. The first kappa shape index (κ1) is 14.6. The van der Waals surface area contributed by atoms with Gasteiger partial charge in [-0.3, -0.25) is 4.79 Å². The molecule has 20 heavy (non-hydrogen) atoms. The van der Waals surface area contributed by atoms with Crippen LogP contribution >= 0.6 is 11.3 Å². The second-order valence-corrected chi connectivity index (χ2v) is 6.86. The Morgan fingerprint density at radius 3 is 2.55 bits per heavy atom. The smallest absolute Gasteiger partial charge is 0.238 e.